The molecule has 3 atom stereocenters. The van der Waals surface area contributed by atoms with Crippen LogP contribution >= 0.6 is 0 Å². The number of nitrogens with zero attached hydrogens (tertiary/aromatic N) is 1. The van der Waals surface area contributed by atoms with E-state index in [1.165, 1.54) is 5.56 Å². The second-order valence-electron chi connectivity index (χ2n) is 6.08. The zero-order valence-electron chi connectivity index (χ0n) is 12.3. The molecule has 0 aliphatic carbocycles. The molecule has 106 valence electrons. The number of ether oxygens (including phenoxy) is 1. The summed E-state index contributed by atoms with van der Waals surface area (Å²) in [6.07, 6.45) is 0.614. The highest BCUT2D eigenvalue weighted by atomic mass is 16.5. The highest BCUT2D eigenvalue weighted by molar-refractivity contribution is 5.25. The van der Waals surface area contributed by atoms with Crippen molar-refractivity contribution in [3.05, 3.63) is 35.9 Å². The lowest BCUT2D eigenvalue weighted by Gasteiger charge is -2.41. The predicted molar refractivity (Wildman–Crippen MR) is 79.3 cm³/mol. The van der Waals surface area contributed by atoms with Gasteiger partial charge in [0.25, 0.3) is 0 Å². The number of hydrogen-bond acceptors (Lipinski definition) is 3. The maximum Gasteiger partial charge on any atom is 0.0678 e. The highest BCUT2D eigenvalue weighted by Gasteiger charge is 2.31. The van der Waals surface area contributed by atoms with Crippen molar-refractivity contribution in [1.29, 1.82) is 0 Å². The molecule has 1 aromatic rings. The predicted octanol–water partition coefficient (Wildman–Crippen LogP) is 2.01. The second-order valence-corrected chi connectivity index (χ2v) is 6.08. The molecule has 1 aliphatic heterocycles. The SMILES string of the molecule is CC1CN(CC(C)(CN)c2ccccc2)CC(C)O1. The Bertz CT molecular complexity index is 385. The monoisotopic (exact) mass is 262 g/mol. The molecule has 1 saturated heterocycles. The van der Waals surface area contributed by atoms with Crippen LogP contribution in [0.3, 0.4) is 0 Å². The zero-order valence-corrected chi connectivity index (χ0v) is 12.3. The Hall–Kier alpha value is -0.900. The number of rotatable bonds is 4. The third-order valence-corrected chi connectivity index (χ3v) is 3.99. The summed E-state index contributed by atoms with van der Waals surface area (Å²) in [7, 11) is 0. The Kier molecular flexibility index (Phi) is 4.61. The lowest BCUT2D eigenvalue weighted by Crippen LogP contribution is -2.52. The van der Waals surface area contributed by atoms with E-state index in [4.69, 9.17) is 10.5 Å². The Morgan fingerprint density at radius 1 is 1.21 bits per heavy atom. The molecule has 1 heterocycles. The highest BCUT2D eigenvalue weighted by Crippen LogP contribution is 2.25. The van der Waals surface area contributed by atoms with Gasteiger partial charge in [0.15, 0.2) is 0 Å². The fourth-order valence-electron chi connectivity index (χ4n) is 3.02. The van der Waals surface area contributed by atoms with Crippen molar-refractivity contribution in [2.24, 2.45) is 5.73 Å². The van der Waals surface area contributed by atoms with Crippen LogP contribution in [-0.4, -0.2) is 43.3 Å². The minimum absolute atomic E-state index is 0.0119. The minimum atomic E-state index is 0.0119. The fourth-order valence-corrected chi connectivity index (χ4v) is 3.02. The van der Waals surface area contributed by atoms with Gasteiger partial charge >= 0.3 is 0 Å². The third kappa shape index (κ3) is 3.56. The average molecular weight is 262 g/mol. The van der Waals surface area contributed by atoms with Crippen LogP contribution in [0.4, 0.5) is 0 Å². The van der Waals surface area contributed by atoms with Crippen LogP contribution in [0.1, 0.15) is 26.3 Å². The van der Waals surface area contributed by atoms with Gasteiger partial charge in [-0.05, 0) is 19.4 Å². The van der Waals surface area contributed by atoms with Crippen LogP contribution < -0.4 is 5.73 Å². The first kappa shape index (κ1) is 14.5. The van der Waals surface area contributed by atoms with E-state index >= 15 is 0 Å². The van der Waals surface area contributed by atoms with Gasteiger partial charge in [0, 0.05) is 31.6 Å². The first-order valence-corrected chi connectivity index (χ1v) is 7.17. The van der Waals surface area contributed by atoms with Crippen LogP contribution in [0, 0.1) is 0 Å². The van der Waals surface area contributed by atoms with Crippen LogP contribution in [0.25, 0.3) is 0 Å². The number of hydrogen-bond donors (Lipinski definition) is 1. The van der Waals surface area contributed by atoms with Gasteiger partial charge in [0.05, 0.1) is 12.2 Å². The molecule has 0 aromatic heterocycles. The molecule has 0 saturated carbocycles. The largest absolute Gasteiger partial charge is 0.373 e. The van der Waals surface area contributed by atoms with Crippen molar-refractivity contribution in [1.82, 2.24) is 4.90 Å². The van der Waals surface area contributed by atoms with Crippen molar-refractivity contribution in [2.75, 3.05) is 26.2 Å². The van der Waals surface area contributed by atoms with Gasteiger partial charge in [-0.1, -0.05) is 37.3 Å². The van der Waals surface area contributed by atoms with E-state index in [1.807, 2.05) is 0 Å². The summed E-state index contributed by atoms with van der Waals surface area (Å²) in [5.41, 5.74) is 7.40. The molecule has 0 radical (unpaired) electrons. The molecular formula is C16H26N2O. The molecule has 1 fully saturated rings. The van der Waals surface area contributed by atoms with E-state index in [-0.39, 0.29) is 5.41 Å². The van der Waals surface area contributed by atoms with Crippen LogP contribution in [0.2, 0.25) is 0 Å². The first-order valence-electron chi connectivity index (χ1n) is 7.17. The maximum absolute atomic E-state index is 6.07. The van der Waals surface area contributed by atoms with E-state index in [0.29, 0.717) is 18.8 Å². The van der Waals surface area contributed by atoms with Crippen molar-refractivity contribution in [3.63, 3.8) is 0 Å². The number of nitrogens with two attached hydrogens (primary N) is 1. The van der Waals surface area contributed by atoms with Gasteiger partial charge in [-0.2, -0.15) is 0 Å². The Labute approximate surface area is 116 Å². The zero-order chi connectivity index (χ0) is 13.9. The summed E-state index contributed by atoms with van der Waals surface area (Å²) in [5.74, 6) is 0. The van der Waals surface area contributed by atoms with Crippen LogP contribution in [0.15, 0.2) is 30.3 Å². The second kappa shape index (κ2) is 6.04. The topological polar surface area (TPSA) is 38.5 Å². The molecule has 2 rings (SSSR count). The average Bonchev–Trinajstić information content (AvgIpc) is 2.38. The number of benzene rings is 1. The van der Waals surface area contributed by atoms with E-state index in [2.05, 4.69) is 56.0 Å². The molecule has 3 unspecified atom stereocenters. The molecule has 19 heavy (non-hydrogen) atoms. The van der Waals surface area contributed by atoms with Crippen molar-refractivity contribution in [2.45, 2.75) is 38.4 Å². The van der Waals surface area contributed by atoms with Gasteiger partial charge in [-0.15, -0.1) is 0 Å². The smallest absolute Gasteiger partial charge is 0.0678 e. The summed E-state index contributed by atoms with van der Waals surface area (Å²) in [6.45, 7) is 10.2. The normalized spacial score (nSPS) is 28.0. The molecule has 0 bridgehead atoms. The minimum Gasteiger partial charge on any atom is -0.373 e. The Morgan fingerprint density at radius 3 is 2.32 bits per heavy atom. The van der Waals surface area contributed by atoms with Crippen molar-refractivity contribution >= 4 is 0 Å². The fraction of sp³-hybridized carbons (Fsp3) is 0.625. The molecular weight excluding hydrogens is 236 g/mol. The van der Waals surface area contributed by atoms with Gasteiger partial charge in [0.1, 0.15) is 0 Å². The third-order valence-electron chi connectivity index (χ3n) is 3.99. The van der Waals surface area contributed by atoms with Gasteiger partial charge < -0.3 is 10.5 Å². The number of morpholine rings is 1. The molecule has 2 N–H and O–H groups in total. The van der Waals surface area contributed by atoms with E-state index < -0.39 is 0 Å². The molecule has 3 heteroatoms. The van der Waals surface area contributed by atoms with E-state index in [0.717, 1.165) is 19.6 Å². The summed E-state index contributed by atoms with van der Waals surface area (Å²) in [5, 5.41) is 0. The maximum atomic E-state index is 6.07. The Morgan fingerprint density at radius 2 is 1.79 bits per heavy atom. The lowest BCUT2D eigenvalue weighted by atomic mass is 9.81. The van der Waals surface area contributed by atoms with Gasteiger partial charge in [-0.3, -0.25) is 4.90 Å². The van der Waals surface area contributed by atoms with Gasteiger partial charge in [0.2, 0.25) is 0 Å². The Balaban J connectivity index is 2.10. The van der Waals surface area contributed by atoms with Crippen molar-refractivity contribution < 1.29 is 4.74 Å². The molecule has 1 aliphatic rings. The van der Waals surface area contributed by atoms with Crippen molar-refractivity contribution in [3.8, 4) is 0 Å². The standard InChI is InChI=1S/C16H26N2O/c1-13-9-18(10-14(2)19-13)12-16(3,11-17)15-7-5-4-6-8-15/h4-8,13-14H,9-12,17H2,1-3H3. The van der Waals surface area contributed by atoms with Crippen LogP contribution in [-0.2, 0) is 10.2 Å². The molecule has 1 aromatic carbocycles. The molecule has 0 spiro atoms. The van der Waals surface area contributed by atoms with E-state index in [9.17, 15) is 0 Å². The summed E-state index contributed by atoms with van der Waals surface area (Å²) < 4.78 is 5.80. The summed E-state index contributed by atoms with van der Waals surface area (Å²) in [6, 6.07) is 10.6. The summed E-state index contributed by atoms with van der Waals surface area (Å²) in [4.78, 5) is 2.48. The summed E-state index contributed by atoms with van der Waals surface area (Å²) >= 11 is 0. The lowest BCUT2D eigenvalue weighted by molar-refractivity contribution is -0.0722. The van der Waals surface area contributed by atoms with Gasteiger partial charge in [-0.25, -0.2) is 0 Å². The quantitative estimate of drug-likeness (QED) is 0.902. The molecule has 3 nitrogen and oxygen atoms in total. The van der Waals surface area contributed by atoms with Crippen LogP contribution in [0.5, 0.6) is 0 Å². The van der Waals surface area contributed by atoms with E-state index in [1.54, 1.807) is 0 Å². The molecule has 0 amide bonds. The first-order chi connectivity index (χ1) is 9.03.